The molecule has 0 saturated carbocycles. The summed E-state index contributed by atoms with van der Waals surface area (Å²) in [6, 6.07) is 0. The highest BCUT2D eigenvalue weighted by molar-refractivity contribution is 9.40. The van der Waals surface area contributed by atoms with Crippen molar-refractivity contribution in [2.45, 2.75) is 60.6 Å². The lowest BCUT2D eigenvalue weighted by atomic mass is 9.79. The molecule has 0 aromatic heterocycles. The van der Waals surface area contributed by atoms with Gasteiger partial charge in [-0.25, -0.2) is 4.79 Å². The standard InChI is InChI=1S/C16H23Br3O6/c1-3-5-6-7-8-15(12(20)23-4-2)9-11(25-13(15)21)10-24-14(22)16(17,18)19/h11H,3-10H2,1-2H3. The number of hydrogen-bond acceptors (Lipinski definition) is 6. The van der Waals surface area contributed by atoms with Gasteiger partial charge < -0.3 is 14.2 Å². The van der Waals surface area contributed by atoms with Gasteiger partial charge in [0.05, 0.1) is 6.61 Å². The Bertz CT molecular complexity index is 491. The largest absolute Gasteiger partial charge is 0.465 e. The van der Waals surface area contributed by atoms with Crippen molar-refractivity contribution in [2.75, 3.05) is 13.2 Å². The number of halogens is 3. The fraction of sp³-hybridized carbons (Fsp3) is 0.812. The van der Waals surface area contributed by atoms with E-state index >= 15 is 0 Å². The Balaban J connectivity index is 2.75. The average Bonchev–Trinajstić information content (AvgIpc) is 2.85. The molecule has 0 aromatic carbocycles. The van der Waals surface area contributed by atoms with Crippen LogP contribution >= 0.6 is 47.8 Å². The van der Waals surface area contributed by atoms with Crippen LogP contribution in [-0.2, 0) is 28.6 Å². The Hall–Kier alpha value is -0.150. The fourth-order valence-electron chi connectivity index (χ4n) is 2.72. The normalized spacial score (nSPS) is 23.2. The average molecular weight is 551 g/mol. The van der Waals surface area contributed by atoms with Gasteiger partial charge in [0.1, 0.15) is 12.7 Å². The lowest BCUT2D eigenvalue weighted by Crippen LogP contribution is -2.37. The van der Waals surface area contributed by atoms with Crippen LogP contribution in [0.3, 0.4) is 0 Å². The van der Waals surface area contributed by atoms with E-state index in [1.54, 1.807) is 6.92 Å². The third-order valence-electron chi connectivity index (χ3n) is 4.00. The molecule has 1 aliphatic rings. The quantitative estimate of drug-likeness (QED) is 0.141. The lowest BCUT2D eigenvalue weighted by molar-refractivity contribution is -0.166. The Kier molecular flexibility index (Phi) is 9.39. The summed E-state index contributed by atoms with van der Waals surface area (Å²) in [5.41, 5.74) is -1.30. The molecular weight excluding hydrogens is 528 g/mol. The number of carbonyl (C=O) groups excluding carboxylic acids is 3. The maximum Gasteiger partial charge on any atom is 0.345 e. The summed E-state index contributed by atoms with van der Waals surface area (Å²) < 4.78 is 14.3. The molecule has 0 bridgehead atoms. The van der Waals surface area contributed by atoms with E-state index in [0.717, 1.165) is 25.7 Å². The molecule has 1 fully saturated rings. The zero-order valence-corrected chi connectivity index (χ0v) is 19.1. The molecule has 0 spiro atoms. The molecular formula is C16H23Br3O6. The van der Waals surface area contributed by atoms with Crippen LogP contribution in [0.15, 0.2) is 0 Å². The minimum Gasteiger partial charge on any atom is -0.465 e. The maximum absolute atomic E-state index is 12.4. The first-order valence-corrected chi connectivity index (χ1v) is 10.7. The smallest absolute Gasteiger partial charge is 0.345 e. The van der Waals surface area contributed by atoms with E-state index < -0.39 is 31.6 Å². The van der Waals surface area contributed by atoms with Crippen LogP contribution in [0.1, 0.15) is 52.4 Å². The van der Waals surface area contributed by atoms with Crippen LogP contribution in [0.25, 0.3) is 0 Å². The number of esters is 3. The van der Waals surface area contributed by atoms with E-state index in [-0.39, 0.29) is 19.6 Å². The second-order valence-electron chi connectivity index (χ2n) is 5.94. The summed E-state index contributed by atoms with van der Waals surface area (Å²) in [7, 11) is 0. The van der Waals surface area contributed by atoms with E-state index in [1.807, 2.05) is 0 Å². The Labute approximate surface area is 173 Å². The minimum absolute atomic E-state index is 0.120. The molecule has 0 aliphatic carbocycles. The van der Waals surface area contributed by atoms with Crippen LogP contribution in [0, 0.1) is 5.41 Å². The summed E-state index contributed by atoms with van der Waals surface area (Å²) >= 11 is 9.17. The van der Waals surface area contributed by atoms with E-state index in [1.165, 1.54) is 0 Å². The molecule has 1 heterocycles. The van der Waals surface area contributed by atoms with Crippen LogP contribution in [0.2, 0.25) is 0 Å². The Morgan fingerprint density at radius 3 is 2.44 bits per heavy atom. The number of unbranched alkanes of at least 4 members (excludes halogenated alkanes) is 3. The first-order valence-electron chi connectivity index (χ1n) is 8.29. The van der Waals surface area contributed by atoms with Crippen molar-refractivity contribution in [3.05, 3.63) is 0 Å². The predicted octanol–water partition coefficient (Wildman–Crippen LogP) is 4.20. The second kappa shape index (κ2) is 10.3. The van der Waals surface area contributed by atoms with Crippen molar-refractivity contribution < 1.29 is 28.6 Å². The zero-order chi connectivity index (χ0) is 19.1. The number of carbonyl (C=O) groups is 3. The number of rotatable bonds is 9. The third kappa shape index (κ3) is 6.50. The van der Waals surface area contributed by atoms with Crippen molar-refractivity contribution in [1.82, 2.24) is 0 Å². The number of alkyl halides is 3. The summed E-state index contributed by atoms with van der Waals surface area (Å²) in [4.78, 5) is 36.6. The number of hydrogen-bond donors (Lipinski definition) is 0. The van der Waals surface area contributed by atoms with E-state index in [0.29, 0.717) is 6.42 Å². The van der Waals surface area contributed by atoms with Gasteiger partial charge >= 0.3 is 17.9 Å². The molecule has 9 heteroatoms. The minimum atomic E-state index is -1.30. The molecule has 0 aromatic rings. The molecule has 0 amide bonds. The first-order chi connectivity index (χ1) is 11.7. The first kappa shape index (κ1) is 22.9. The molecule has 1 rings (SSSR count). The Morgan fingerprint density at radius 1 is 1.20 bits per heavy atom. The van der Waals surface area contributed by atoms with E-state index in [4.69, 9.17) is 14.2 Å². The van der Waals surface area contributed by atoms with Gasteiger partial charge in [0.25, 0.3) is 0 Å². The molecule has 6 nitrogen and oxygen atoms in total. The summed E-state index contributed by atoms with van der Waals surface area (Å²) in [5.74, 6) is -1.76. The molecule has 0 radical (unpaired) electrons. The van der Waals surface area contributed by atoms with Gasteiger partial charge in [0, 0.05) is 6.42 Å². The van der Waals surface area contributed by atoms with E-state index in [2.05, 4.69) is 54.7 Å². The summed E-state index contributed by atoms with van der Waals surface area (Å²) in [6.45, 7) is 3.86. The highest BCUT2D eigenvalue weighted by Gasteiger charge is 2.55. The molecule has 25 heavy (non-hydrogen) atoms. The number of ether oxygens (including phenoxy) is 3. The van der Waals surface area contributed by atoms with Crippen LogP contribution in [0.5, 0.6) is 0 Å². The van der Waals surface area contributed by atoms with E-state index in [9.17, 15) is 14.4 Å². The topological polar surface area (TPSA) is 78.9 Å². The van der Waals surface area contributed by atoms with Crippen molar-refractivity contribution in [3.63, 3.8) is 0 Å². The van der Waals surface area contributed by atoms with Gasteiger partial charge in [0.2, 0.25) is 2.14 Å². The second-order valence-corrected chi connectivity index (χ2v) is 12.7. The van der Waals surface area contributed by atoms with Gasteiger partial charge in [-0.3, -0.25) is 9.59 Å². The van der Waals surface area contributed by atoms with Crippen molar-refractivity contribution >= 4 is 65.7 Å². The number of cyclic esters (lactones) is 1. The molecule has 1 saturated heterocycles. The van der Waals surface area contributed by atoms with Crippen LogP contribution in [-0.4, -0.2) is 39.4 Å². The molecule has 144 valence electrons. The highest BCUT2D eigenvalue weighted by atomic mass is 80.0. The maximum atomic E-state index is 12.4. The summed E-state index contributed by atoms with van der Waals surface area (Å²) in [5, 5.41) is 0. The predicted molar refractivity (Wildman–Crippen MR) is 103 cm³/mol. The van der Waals surface area contributed by atoms with Crippen LogP contribution < -0.4 is 0 Å². The zero-order valence-electron chi connectivity index (χ0n) is 14.3. The Morgan fingerprint density at radius 2 is 1.88 bits per heavy atom. The van der Waals surface area contributed by atoms with Crippen molar-refractivity contribution in [3.8, 4) is 0 Å². The van der Waals surface area contributed by atoms with Gasteiger partial charge in [-0.15, -0.1) is 0 Å². The lowest BCUT2D eigenvalue weighted by Gasteiger charge is -2.22. The van der Waals surface area contributed by atoms with Crippen molar-refractivity contribution in [2.24, 2.45) is 5.41 Å². The SMILES string of the molecule is CCCCCCC1(C(=O)OCC)CC(COC(=O)C(Br)(Br)Br)OC1=O. The van der Waals surface area contributed by atoms with Crippen LogP contribution in [0.4, 0.5) is 0 Å². The molecule has 2 atom stereocenters. The third-order valence-corrected chi connectivity index (χ3v) is 4.97. The summed E-state index contributed by atoms with van der Waals surface area (Å²) in [6.07, 6.45) is 3.65. The van der Waals surface area contributed by atoms with Gasteiger partial charge in [-0.1, -0.05) is 32.6 Å². The molecule has 1 aliphatic heterocycles. The molecule has 0 N–H and O–H groups in total. The highest BCUT2D eigenvalue weighted by Crippen LogP contribution is 2.41. The van der Waals surface area contributed by atoms with Gasteiger partial charge in [0.15, 0.2) is 5.41 Å². The fourth-order valence-corrected chi connectivity index (χ4v) is 3.06. The van der Waals surface area contributed by atoms with Gasteiger partial charge in [-0.2, -0.15) is 0 Å². The monoisotopic (exact) mass is 548 g/mol. The molecule has 2 unspecified atom stereocenters. The van der Waals surface area contributed by atoms with Gasteiger partial charge in [-0.05, 0) is 61.1 Å². The van der Waals surface area contributed by atoms with Crippen molar-refractivity contribution in [1.29, 1.82) is 0 Å².